The van der Waals surface area contributed by atoms with Gasteiger partial charge in [0.2, 0.25) is 0 Å². The zero-order chi connectivity index (χ0) is 16.8. The fraction of sp³-hybridized carbons (Fsp3) is 0.500. The van der Waals surface area contributed by atoms with Gasteiger partial charge in [0, 0.05) is 40.3 Å². The van der Waals surface area contributed by atoms with Crippen molar-refractivity contribution in [3.63, 3.8) is 0 Å². The molecule has 0 unspecified atom stereocenters. The van der Waals surface area contributed by atoms with Gasteiger partial charge in [0.25, 0.3) is 0 Å². The molecule has 0 atom stereocenters. The molecule has 0 aromatic heterocycles. The number of carbonyl (C=O) groups excluding carboxylic acids is 2. The van der Waals surface area contributed by atoms with Gasteiger partial charge >= 0.3 is 12.1 Å². The lowest BCUT2D eigenvalue weighted by atomic mass is 10.2. The van der Waals surface area contributed by atoms with Gasteiger partial charge in [0.05, 0.1) is 18.0 Å². The Labute approximate surface area is 136 Å². The molecule has 1 saturated heterocycles. The molecule has 23 heavy (non-hydrogen) atoms. The van der Waals surface area contributed by atoms with Gasteiger partial charge in [-0.25, -0.2) is 9.59 Å². The highest BCUT2D eigenvalue weighted by Crippen LogP contribution is 2.23. The molecule has 7 heteroatoms. The summed E-state index contributed by atoms with van der Waals surface area (Å²) in [4.78, 5) is 29.4. The Morgan fingerprint density at radius 3 is 2.35 bits per heavy atom. The minimum absolute atomic E-state index is 0.150. The van der Waals surface area contributed by atoms with Crippen molar-refractivity contribution in [1.29, 1.82) is 0 Å². The van der Waals surface area contributed by atoms with Gasteiger partial charge in [-0.1, -0.05) is 12.1 Å². The second-order valence-corrected chi connectivity index (χ2v) is 5.51. The minimum Gasteiger partial charge on any atom is -0.450 e. The molecule has 1 aliphatic rings. The van der Waals surface area contributed by atoms with Crippen LogP contribution in [0, 0.1) is 0 Å². The number of ether oxygens (including phenoxy) is 1. The first-order valence-corrected chi connectivity index (χ1v) is 7.77. The third-order valence-electron chi connectivity index (χ3n) is 3.72. The van der Waals surface area contributed by atoms with Gasteiger partial charge < -0.3 is 24.8 Å². The maximum Gasteiger partial charge on any atom is 0.409 e. The number of nitrogens with zero attached hydrogens (tertiary/aromatic N) is 3. The molecule has 0 radical (unpaired) electrons. The summed E-state index contributed by atoms with van der Waals surface area (Å²) in [7, 11) is 3.87. The van der Waals surface area contributed by atoms with E-state index in [-0.39, 0.29) is 12.1 Å². The summed E-state index contributed by atoms with van der Waals surface area (Å²) in [6.45, 7) is 4.11. The molecular formula is C16H24N4O3. The summed E-state index contributed by atoms with van der Waals surface area (Å²) in [5, 5.41) is 2.94. The SMILES string of the molecule is CCOC(=O)N1CCN(C(=O)Nc2ccccc2N(C)C)CC1. The van der Waals surface area contributed by atoms with Crippen molar-refractivity contribution in [2.75, 3.05) is 57.1 Å². The van der Waals surface area contributed by atoms with Gasteiger partial charge in [-0.15, -0.1) is 0 Å². The molecule has 0 spiro atoms. The van der Waals surface area contributed by atoms with E-state index in [1.807, 2.05) is 43.3 Å². The number of rotatable bonds is 3. The van der Waals surface area contributed by atoms with Crippen LogP contribution in [-0.2, 0) is 4.74 Å². The molecule has 126 valence electrons. The second-order valence-electron chi connectivity index (χ2n) is 5.51. The number of para-hydroxylation sites is 2. The predicted molar refractivity (Wildman–Crippen MR) is 90.0 cm³/mol. The third kappa shape index (κ3) is 4.28. The molecule has 1 N–H and O–H groups in total. The van der Waals surface area contributed by atoms with E-state index in [0.717, 1.165) is 11.4 Å². The third-order valence-corrected chi connectivity index (χ3v) is 3.72. The zero-order valence-corrected chi connectivity index (χ0v) is 13.9. The maximum atomic E-state index is 12.4. The fourth-order valence-corrected chi connectivity index (χ4v) is 2.47. The summed E-state index contributed by atoms with van der Waals surface area (Å²) in [6, 6.07) is 7.50. The van der Waals surface area contributed by atoms with Gasteiger partial charge in [0.1, 0.15) is 0 Å². The highest BCUT2D eigenvalue weighted by atomic mass is 16.6. The maximum absolute atomic E-state index is 12.4. The van der Waals surface area contributed by atoms with E-state index in [4.69, 9.17) is 4.74 Å². The van der Waals surface area contributed by atoms with Crippen LogP contribution in [0.25, 0.3) is 0 Å². The monoisotopic (exact) mass is 320 g/mol. The molecule has 0 bridgehead atoms. The van der Waals surface area contributed by atoms with Crippen molar-refractivity contribution in [3.8, 4) is 0 Å². The Balaban J connectivity index is 1.92. The molecule has 1 heterocycles. The molecule has 1 aliphatic heterocycles. The standard InChI is InChI=1S/C16H24N4O3/c1-4-23-16(22)20-11-9-19(10-12-20)15(21)17-13-7-5-6-8-14(13)18(2)3/h5-8H,4,9-12H2,1-3H3,(H,17,21). The van der Waals surface area contributed by atoms with Crippen molar-refractivity contribution in [2.24, 2.45) is 0 Å². The number of benzene rings is 1. The molecule has 1 fully saturated rings. The van der Waals surface area contributed by atoms with E-state index >= 15 is 0 Å². The van der Waals surface area contributed by atoms with Crippen LogP contribution in [0.5, 0.6) is 0 Å². The first kappa shape index (κ1) is 16.9. The van der Waals surface area contributed by atoms with Gasteiger partial charge in [0.15, 0.2) is 0 Å². The van der Waals surface area contributed by atoms with Crippen LogP contribution in [0.4, 0.5) is 21.0 Å². The number of piperazine rings is 1. The van der Waals surface area contributed by atoms with E-state index in [1.54, 1.807) is 16.7 Å². The first-order chi connectivity index (χ1) is 11.0. The number of hydrogen-bond acceptors (Lipinski definition) is 4. The van der Waals surface area contributed by atoms with Crippen molar-refractivity contribution < 1.29 is 14.3 Å². The number of amides is 3. The summed E-state index contributed by atoms with van der Waals surface area (Å²) in [6.07, 6.45) is -0.314. The first-order valence-electron chi connectivity index (χ1n) is 7.77. The Morgan fingerprint density at radius 1 is 1.13 bits per heavy atom. The highest BCUT2D eigenvalue weighted by molar-refractivity contribution is 5.93. The van der Waals surface area contributed by atoms with Crippen molar-refractivity contribution in [2.45, 2.75) is 6.92 Å². The quantitative estimate of drug-likeness (QED) is 0.926. The van der Waals surface area contributed by atoms with Crippen LogP contribution in [-0.4, -0.2) is 68.8 Å². The van der Waals surface area contributed by atoms with Crippen LogP contribution in [0.3, 0.4) is 0 Å². The van der Waals surface area contributed by atoms with Crippen LogP contribution in [0.2, 0.25) is 0 Å². The summed E-state index contributed by atoms with van der Waals surface area (Å²) in [5.74, 6) is 0. The predicted octanol–water partition coefficient (Wildman–Crippen LogP) is 2.06. The normalized spacial score (nSPS) is 14.4. The van der Waals surface area contributed by atoms with Gasteiger partial charge in [-0.05, 0) is 19.1 Å². The lowest BCUT2D eigenvalue weighted by Crippen LogP contribution is -2.51. The molecule has 0 aliphatic carbocycles. The minimum atomic E-state index is -0.314. The van der Waals surface area contributed by atoms with Crippen molar-refractivity contribution in [1.82, 2.24) is 9.80 Å². The number of urea groups is 1. The topological polar surface area (TPSA) is 65.1 Å². The molecule has 0 saturated carbocycles. The summed E-state index contributed by atoms with van der Waals surface area (Å²) >= 11 is 0. The number of anilines is 2. The average Bonchev–Trinajstić information content (AvgIpc) is 2.55. The molecule has 7 nitrogen and oxygen atoms in total. The van der Waals surface area contributed by atoms with Gasteiger partial charge in [-0.2, -0.15) is 0 Å². The van der Waals surface area contributed by atoms with E-state index in [1.165, 1.54) is 0 Å². The van der Waals surface area contributed by atoms with Crippen LogP contribution >= 0.6 is 0 Å². The van der Waals surface area contributed by atoms with Crippen LogP contribution < -0.4 is 10.2 Å². The summed E-state index contributed by atoms with van der Waals surface area (Å²) < 4.78 is 4.98. The zero-order valence-electron chi connectivity index (χ0n) is 13.9. The Bertz CT molecular complexity index is 554. The average molecular weight is 320 g/mol. The van der Waals surface area contributed by atoms with E-state index in [2.05, 4.69) is 5.32 Å². The Hall–Kier alpha value is -2.44. The van der Waals surface area contributed by atoms with Crippen LogP contribution in [0.1, 0.15) is 6.92 Å². The molecule has 1 aromatic carbocycles. The summed E-state index contributed by atoms with van der Waals surface area (Å²) in [5.41, 5.74) is 1.72. The molecule has 2 rings (SSSR count). The number of hydrogen-bond donors (Lipinski definition) is 1. The molecule has 3 amide bonds. The second kappa shape index (κ2) is 7.71. The molecular weight excluding hydrogens is 296 g/mol. The van der Waals surface area contributed by atoms with Crippen LogP contribution in [0.15, 0.2) is 24.3 Å². The fourth-order valence-electron chi connectivity index (χ4n) is 2.47. The lowest BCUT2D eigenvalue weighted by Gasteiger charge is -2.34. The Kier molecular flexibility index (Phi) is 5.67. The van der Waals surface area contributed by atoms with E-state index in [9.17, 15) is 9.59 Å². The highest BCUT2D eigenvalue weighted by Gasteiger charge is 2.25. The lowest BCUT2D eigenvalue weighted by molar-refractivity contribution is 0.0869. The molecule has 1 aromatic rings. The number of carbonyl (C=O) groups is 2. The Morgan fingerprint density at radius 2 is 1.74 bits per heavy atom. The smallest absolute Gasteiger partial charge is 0.409 e. The van der Waals surface area contributed by atoms with Crippen molar-refractivity contribution in [3.05, 3.63) is 24.3 Å². The number of nitrogens with one attached hydrogen (secondary N) is 1. The van der Waals surface area contributed by atoms with E-state index in [0.29, 0.717) is 32.8 Å². The largest absolute Gasteiger partial charge is 0.450 e. The van der Waals surface area contributed by atoms with E-state index < -0.39 is 0 Å². The van der Waals surface area contributed by atoms with Crippen molar-refractivity contribution >= 4 is 23.5 Å². The van der Waals surface area contributed by atoms with Gasteiger partial charge in [-0.3, -0.25) is 0 Å².